The van der Waals surface area contributed by atoms with Crippen molar-refractivity contribution in [2.24, 2.45) is 0 Å². The fraction of sp³-hybridized carbons (Fsp3) is 0. The topological polar surface area (TPSA) is 85.1 Å². The predicted molar refractivity (Wildman–Crippen MR) is 70.3 cm³/mol. The van der Waals surface area contributed by atoms with Crippen molar-refractivity contribution in [2.45, 2.75) is 0 Å². The van der Waals surface area contributed by atoms with Crippen molar-refractivity contribution in [2.75, 3.05) is 5.32 Å². The van der Waals surface area contributed by atoms with Crippen molar-refractivity contribution in [1.29, 1.82) is 0 Å². The van der Waals surface area contributed by atoms with Gasteiger partial charge >= 0.3 is 0 Å². The first-order chi connectivity index (χ1) is 9.49. The highest BCUT2D eigenvalue weighted by atomic mass is 35.5. The van der Waals surface area contributed by atoms with E-state index in [9.17, 15) is 19.3 Å². The van der Waals surface area contributed by atoms with E-state index >= 15 is 0 Å². The number of nitrogens with one attached hydrogen (secondary N) is 1. The van der Waals surface area contributed by atoms with Gasteiger partial charge in [0.1, 0.15) is 11.4 Å². The van der Waals surface area contributed by atoms with Gasteiger partial charge in [-0.05, 0) is 24.3 Å². The van der Waals surface area contributed by atoms with Crippen LogP contribution in [0, 0.1) is 15.9 Å². The third kappa shape index (κ3) is 2.89. The number of hydrogen-bond acceptors (Lipinski definition) is 4. The van der Waals surface area contributed by atoms with Crippen LogP contribution in [-0.2, 0) is 0 Å². The second-order valence-corrected chi connectivity index (χ2v) is 4.07. The lowest BCUT2D eigenvalue weighted by Crippen LogP contribution is -2.14. The number of nitrogens with zero attached hydrogens (tertiary/aromatic N) is 2. The van der Waals surface area contributed by atoms with Gasteiger partial charge in [-0.25, -0.2) is 9.37 Å². The molecule has 0 aliphatic carbocycles. The Morgan fingerprint density at radius 1 is 1.40 bits per heavy atom. The van der Waals surface area contributed by atoms with Crippen LogP contribution in [0.5, 0.6) is 0 Å². The monoisotopic (exact) mass is 295 g/mol. The van der Waals surface area contributed by atoms with Crippen LogP contribution in [0.4, 0.5) is 15.8 Å². The minimum absolute atomic E-state index is 0.0469. The van der Waals surface area contributed by atoms with Crippen molar-refractivity contribution in [3.05, 3.63) is 63.2 Å². The van der Waals surface area contributed by atoms with E-state index in [1.54, 1.807) is 6.07 Å². The van der Waals surface area contributed by atoms with E-state index in [1.165, 1.54) is 12.3 Å². The van der Waals surface area contributed by atoms with Crippen LogP contribution >= 0.6 is 11.6 Å². The molecule has 1 aromatic carbocycles. The number of nitro benzene ring substituents is 1. The molecule has 0 radical (unpaired) electrons. The SMILES string of the molecule is O=C(Nc1cccnc1Cl)c1ccc(F)cc1[N+](=O)[O-]. The number of benzene rings is 1. The van der Waals surface area contributed by atoms with Crippen molar-refractivity contribution in [3.63, 3.8) is 0 Å². The Bertz CT molecular complexity index is 693. The lowest BCUT2D eigenvalue weighted by molar-refractivity contribution is -0.385. The summed E-state index contributed by atoms with van der Waals surface area (Å²) in [5.74, 6) is -1.57. The van der Waals surface area contributed by atoms with Gasteiger partial charge in [-0.1, -0.05) is 11.6 Å². The summed E-state index contributed by atoms with van der Waals surface area (Å²) in [6.07, 6.45) is 1.43. The normalized spacial score (nSPS) is 10.1. The number of amides is 1. The average molecular weight is 296 g/mol. The highest BCUT2D eigenvalue weighted by Crippen LogP contribution is 2.23. The van der Waals surface area contributed by atoms with Gasteiger partial charge in [0, 0.05) is 6.20 Å². The predicted octanol–water partition coefficient (Wildman–Crippen LogP) is 3.03. The van der Waals surface area contributed by atoms with Gasteiger partial charge in [0.15, 0.2) is 5.15 Å². The molecule has 1 amide bonds. The Morgan fingerprint density at radius 3 is 2.80 bits per heavy atom. The highest BCUT2D eigenvalue weighted by molar-refractivity contribution is 6.32. The van der Waals surface area contributed by atoms with E-state index in [2.05, 4.69) is 10.3 Å². The molecule has 0 aliphatic heterocycles. The Labute approximate surface area is 117 Å². The zero-order valence-electron chi connectivity index (χ0n) is 9.84. The molecule has 2 aromatic rings. The molecule has 20 heavy (non-hydrogen) atoms. The van der Waals surface area contributed by atoms with Gasteiger partial charge < -0.3 is 5.32 Å². The third-order valence-electron chi connectivity index (χ3n) is 2.41. The standard InChI is InChI=1S/C12H7ClFN3O3/c13-11-9(2-1-5-15-11)16-12(18)8-4-3-7(14)6-10(8)17(19)20/h1-6H,(H,16,18). The molecule has 0 unspecified atom stereocenters. The molecule has 0 saturated heterocycles. The van der Waals surface area contributed by atoms with E-state index in [4.69, 9.17) is 11.6 Å². The summed E-state index contributed by atoms with van der Waals surface area (Å²) in [6, 6.07) is 5.71. The number of rotatable bonds is 3. The summed E-state index contributed by atoms with van der Waals surface area (Å²) in [4.78, 5) is 25.7. The van der Waals surface area contributed by atoms with Gasteiger partial charge in [0.05, 0.1) is 16.7 Å². The first-order valence-corrected chi connectivity index (χ1v) is 5.72. The third-order valence-corrected chi connectivity index (χ3v) is 2.71. The molecule has 1 heterocycles. The minimum atomic E-state index is -0.831. The first kappa shape index (κ1) is 13.9. The lowest BCUT2D eigenvalue weighted by Gasteiger charge is -2.06. The second-order valence-electron chi connectivity index (χ2n) is 3.71. The minimum Gasteiger partial charge on any atom is -0.319 e. The van der Waals surface area contributed by atoms with Gasteiger partial charge in [-0.3, -0.25) is 14.9 Å². The Morgan fingerprint density at radius 2 is 2.15 bits per heavy atom. The Hall–Kier alpha value is -2.54. The molecule has 0 spiro atoms. The highest BCUT2D eigenvalue weighted by Gasteiger charge is 2.21. The molecule has 6 nitrogen and oxygen atoms in total. The molecule has 0 atom stereocenters. The van der Waals surface area contributed by atoms with Crippen LogP contribution in [-0.4, -0.2) is 15.8 Å². The van der Waals surface area contributed by atoms with Crippen molar-refractivity contribution in [3.8, 4) is 0 Å². The molecule has 1 aromatic heterocycles. The van der Waals surface area contributed by atoms with Crippen LogP contribution in [0.15, 0.2) is 36.5 Å². The number of halogens is 2. The molecule has 0 saturated carbocycles. The summed E-state index contributed by atoms with van der Waals surface area (Å²) in [5, 5.41) is 13.2. The summed E-state index contributed by atoms with van der Waals surface area (Å²) in [5.41, 5.74) is -0.684. The number of aromatic nitrogens is 1. The molecule has 0 bridgehead atoms. The summed E-state index contributed by atoms with van der Waals surface area (Å²) in [6.45, 7) is 0. The summed E-state index contributed by atoms with van der Waals surface area (Å²) >= 11 is 5.76. The molecular formula is C12H7ClFN3O3. The second kappa shape index (κ2) is 5.62. The van der Waals surface area contributed by atoms with E-state index in [0.29, 0.717) is 6.07 Å². The van der Waals surface area contributed by atoms with Crippen LogP contribution in [0.2, 0.25) is 5.15 Å². The molecule has 1 N–H and O–H groups in total. The smallest absolute Gasteiger partial charge is 0.285 e. The van der Waals surface area contributed by atoms with Crippen molar-refractivity contribution >= 4 is 28.9 Å². The van der Waals surface area contributed by atoms with Gasteiger partial charge in [-0.2, -0.15) is 0 Å². The Balaban J connectivity index is 2.35. The van der Waals surface area contributed by atoms with Crippen LogP contribution in [0.25, 0.3) is 0 Å². The van der Waals surface area contributed by atoms with E-state index < -0.39 is 22.3 Å². The number of nitro groups is 1. The van der Waals surface area contributed by atoms with Gasteiger partial charge in [0.25, 0.3) is 11.6 Å². The van der Waals surface area contributed by atoms with E-state index in [-0.39, 0.29) is 16.4 Å². The zero-order valence-corrected chi connectivity index (χ0v) is 10.6. The molecule has 0 fully saturated rings. The number of hydrogen-bond donors (Lipinski definition) is 1. The van der Waals surface area contributed by atoms with Gasteiger partial charge in [0.2, 0.25) is 0 Å². The quantitative estimate of drug-likeness (QED) is 0.536. The van der Waals surface area contributed by atoms with Crippen LogP contribution in [0.1, 0.15) is 10.4 Å². The van der Waals surface area contributed by atoms with Crippen molar-refractivity contribution in [1.82, 2.24) is 4.98 Å². The lowest BCUT2D eigenvalue weighted by atomic mass is 10.1. The zero-order chi connectivity index (χ0) is 14.7. The molecule has 8 heteroatoms. The van der Waals surface area contributed by atoms with E-state index in [0.717, 1.165) is 12.1 Å². The fourth-order valence-corrected chi connectivity index (χ4v) is 1.68. The summed E-state index contributed by atoms with van der Waals surface area (Å²) in [7, 11) is 0. The van der Waals surface area contributed by atoms with Crippen LogP contribution < -0.4 is 5.32 Å². The average Bonchev–Trinajstić information content (AvgIpc) is 2.41. The van der Waals surface area contributed by atoms with Gasteiger partial charge in [-0.15, -0.1) is 0 Å². The van der Waals surface area contributed by atoms with Crippen LogP contribution in [0.3, 0.4) is 0 Å². The summed E-state index contributed by atoms with van der Waals surface area (Å²) < 4.78 is 13.0. The molecule has 0 aliphatic rings. The molecule has 2 rings (SSSR count). The number of anilines is 1. The Kier molecular flexibility index (Phi) is 3.90. The maximum atomic E-state index is 13.0. The maximum Gasteiger partial charge on any atom is 0.285 e. The number of carbonyl (C=O) groups is 1. The number of carbonyl (C=O) groups excluding carboxylic acids is 1. The molecule has 102 valence electrons. The number of pyridine rings is 1. The maximum absolute atomic E-state index is 13.0. The fourth-order valence-electron chi connectivity index (χ4n) is 1.52. The largest absolute Gasteiger partial charge is 0.319 e. The first-order valence-electron chi connectivity index (χ1n) is 5.35. The molecular weight excluding hydrogens is 289 g/mol. The van der Waals surface area contributed by atoms with E-state index in [1.807, 2.05) is 0 Å². The van der Waals surface area contributed by atoms with Crippen molar-refractivity contribution < 1.29 is 14.1 Å².